The molecular formula is C10H18O2S2. The number of aliphatic carboxylic acids is 1. The Morgan fingerprint density at radius 1 is 1.50 bits per heavy atom. The van der Waals surface area contributed by atoms with Crippen molar-refractivity contribution in [2.24, 2.45) is 0 Å². The van der Waals surface area contributed by atoms with Gasteiger partial charge in [-0.25, -0.2) is 0 Å². The Balaban J connectivity index is 2.76. The first-order chi connectivity index (χ1) is 6.36. The predicted molar refractivity (Wildman–Crippen MR) is 64.3 cm³/mol. The fraction of sp³-hybridized carbons (Fsp3) is 0.900. The van der Waals surface area contributed by atoms with E-state index in [1.807, 2.05) is 0 Å². The highest BCUT2D eigenvalue weighted by atomic mass is 32.2. The molecule has 1 rings (SSSR count). The molecular weight excluding hydrogens is 216 g/mol. The summed E-state index contributed by atoms with van der Waals surface area (Å²) in [6.07, 6.45) is 1.84. The van der Waals surface area contributed by atoms with Gasteiger partial charge in [0.15, 0.2) is 0 Å². The van der Waals surface area contributed by atoms with E-state index in [0.717, 1.165) is 24.3 Å². The molecule has 1 heterocycles. The average molecular weight is 234 g/mol. The quantitative estimate of drug-likeness (QED) is 0.797. The van der Waals surface area contributed by atoms with Gasteiger partial charge in [-0.2, -0.15) is 11.8 Å². The molecule has 0 aromatic rings. The molecule has 1 atom stereocenters. The van der Waals surface area contributed by atoms with Gasteiger partial charge in [0.05, 0.1) is 0 Å². The summed E-state index contributed by atoms with van der Waals surface area (Å²) in [5.41, 5.74) is 0. The van der Waals surface area contributed by atoms with Gasteiger partial charge in [-0.15, -0.1) is 11.8 Å². The number of thioether (sulfide) groups is 2. The Morgan fingerprint density at radius 2 is 2.14 bits per heavy atom. The number of hydrogen-bond acceptors (Lipinski definition) is 3. The molecule has 1 saturated heterocycles. The molecule has 0 saturated carbocycles. The molecule has 14 heavy (non-hydrogen) atoms. The van der Waals surface area contributed by atoms with Crippen LogP contribution in [0, 0.1) is 0 Å². The predicted octanol–water partition coefficient (Wildman–Crippen LogP) is 2.87. The van der Waals surface area contributed by atoms with Crippen molar-refractivity contribution < 1.29 is 9.90 Å². The fourth-order valence-corrected chi connectivity index (χ4v) is 4.73. The van der Waals surface area contributed by atoms with Crippen molar-refractivity contribution in [2.75, 3.05) is 11.5 Å². The number of rotatable bonds is 2. The Bertz CT molecular complexity index is 215. The summed E-state index contributed by atoms with van der Waals surface area (Å²) >= 11 is 3.38. The van der Waals surface area contributed by atoms with Crippen molar-refractivity contribution >= 4 is 29.5 Å². The SMILES string of the molecule is CC(C)(C)SC1(C(=O)O)CCCSC1. The Hall–Kier alpha value is 0.170. The molecule has 0 amide bonds. The van der Waals surface area contributed by atoms with Crippen LogP contribution in [0.5, 0.6) is 0 Å². The van der Waals surface area contributed by atoms with Crippen LogP contribution in [0.15, 0.2) is 0 Å². The molecule has 0 radical (unpaired) electrons. The van der Waals surface area contributed by atoms with Gasteiger partial charge in [0.1, 0.15) is 4.75 Å². The summed E-state index contributed by atoms with van der Waals surface area (Å²) in [6, 6.07) is 0. The molecule has 0 spiro atoms. The number of carboxylic acid groups (broad SMARTS) is 1. The van der Waals surface area contributed by atoms with E-state index in [9.17, 15) is 9.90 Å². The lowest BCUT2D eigenvalue weighted by molar-refractivity contribution is -0.139. The van der Waals surface area contributed by atoms with Crippen LogP contribution in [0.1, 0.15) is 33.6 Å². The maximum atomic E-state index is 11.3. The highest BCUT2D eigenvalue weighted by molar-refractivity contribution is 8.05. The van der Waals surface area contributed by atoms with Crippen LogP contribution in [-0.4, -0.2) is 32.1 Å². The summed E-state index contributed by atoms with van der Waals surface area (Å²) in [6.45, 7) is 6.25. The standard InChI is InChI=1S/C10H18O2S2/c1-9(2,3)14-10(8(11)12)5-4-6-13-7-10/h4-7H2,1-3H3,(H,11,12). The van der Waals surface area contributed by atoms with E-state index in [2.05, 4.69) is 20.8 Å². The van der Waals surface area contributed by atoms with Crippen molar-refractivity contribution in [1.82, 2.24) is 0 Å². The van der Waals surface area contributed by atoms with Gasteiger partial charge in [0.2, 0.25) is 0 Å². The molecule has 1 aliphatic rings. The van der Waals surface area contributed by atoms with Crippen LogP contribution >= 0.6 is 23.5 Å². The molecule has 4 heteroatoms. The van der Waals surface area contributed by atoms with Gasteiger partial charge < -0.3 is 5.11 Å². The summed E-state index contributed by atoms with van der Waals surface area (Å²) in [7, 11) is 0. The van der Waals surface area contributed by atoms with Crippen molar-refractivity contribution in [3.05, 3.63) is 0 Å². The third-order valence-electron chi connectivity index (χ3n) is 2.10. The highest BCUT2D eigenvalue weighted by Gasteiger charge is 2.43. The lowest BCUT2D eigenvalue weighted by atomic mass is 10.1. The van der Waals surface area contributed by atoms with Gasteiger partial charge in [-0.05, 0) is 18.6 Å². The first-order valence-corrected chi connectivity index (χ1v) is 6.84. The highest BCUT2D eigenvalue weighted by Crippen LogP contribution is 2.44. The summed E-state index contributed by atoms with van der Waals surface area (Å²) < 4.78 is -0.516. The first-order valence-electron chi connectivity index (χ1n) is 4.87. The molecule has 1 unspecified atom stereocenters. The maximum absolute atomic E-state index is 11.3. The van der Waals surface area contributed by atoms with Gasteiger partial charge in [-0.1, -0.05) is 20.8 Å². The largest absolute Gasteiger partial charge is 0.480 e. The lowest BCUT2D eigenvalue weighted by Crippen LogP contribution is -2.43. The summed E-state index contributed by atoms with van der Waals surface area (Å²) in [5.74, 6) is 1.23. The first kappa shape index (κ1) is 12.2. The zero-order valence-electron chi connectivity index (χ0n) is 9.00. The van der Waals surface area contributed by atoms with Crippen LogP contribution in [0.4, 0.5) is 0 Å². The van der Waals surface area contributed by atoms with E-state index in [1.54, 1.807) is 23.5 Å². The van der Waals surface area contributed by atoms with Gasteiger partial charge >= 0.3 is 5.97 Å². The lowest BCUT2D eigenvalue weighted by Gasteiger charge is -2.37. The molecule has 1 N–H and O–H groups in total. The van der Waals surface area contributed by atoms with Crippen LogP contribution in [0.3, 0.4) is 0 Å². The smallest absolute Gasteiger partial charge is 0.320 e. The minimum Gasteiger partial charge on any atom is -0.480 e. The zero-order chi connectivity index (χ0) is 10.8. The second-order valence-electron chi connectivity index (χ2n) is 4.67. The fourth-order valence-electron chi connectivity index (χ4n) is 1.65. The molecule has 0 bridgehead atoms. The van der Waals surface area contributed by atoms with E-state index in [1.165, 1.54) is 0 Å². The van der Waals surface area contributed by atoms with E-state index >= 15 is 0 Å². The third-order valence-corrected chi connectivity index (χ3v) is 5.08. The monoisotopic (exact) mass is 234 g/mol. The normalized spacial score (nSPS) is 28.8. The average Bonchev–Trinajstić information content (AvgIpc) is 2.02. The second kappa shape index (κ2) is 4.35. The van der Waals surface area contributed by atoms with E-state index < -0.39 is 10.7 Å². The topological polar surface area (TPSA) is 37.3 Å². The summed E-state index contributed by atoms with van der Waals surface area (Å²) in [4.78, 5) is 11.3. The Kier molecular flexibility index (Phi) is 3.81. The summed E-state index contributed by atoms with van der Waals surface area (Å²) in [5, 5.41) is 9.32. The molecule has 1 aliphatic heterocycles. The number of carboxylic acids is 1. The number of hydrogen-bond donors (Lipinski definition) is 1. The Labute approximate surface area is 94.2 Å². The van der Waals surface area contributed by atoms with Gasteiger partial charge in [0, 0.05) is 10.5 Å². The maximum Gasteiger partial charge on any atom is 0.320 e. The van der Waals surface area contributed by atoms with Crippen molar-refractivity contribution in [3.8, 4) is 0 Å². The van der Waals surface area contributed by atoms with Gasteiger partial charge in [0.25, 0.3) is 0 Å². The van der Waals surface area contributed by atoms with Crippen molar-refractivity contribution in [1.29, 1.82) is 0 Å². The number of carbonyl (C=O) groups is 1. The minimum atomic E-state index is -0.635. The molecule has 2 nitrogen and oxygen atoms in total. The van der Waals surface area contributed by atoms with Crippen LogP contribution in [0.2, 0.25) is 0 Å². The second-order valence-corrected chi connectivity index (χ2v) is 7.99. The van der Waals surface area contributed by atoms with Crippen molar-refractivity contribution in [2.45, 2.75) is 43.1 Å². The molecule has 0 aromatic heterocycles. The molecule has 0 aromatic carbocycles. The third kappa shape index (κ3) is 3.09. The van der Waals surface area contributed by atoms with Crippen LogP contribution in [0.25, 0.3) is 0 Å². The van der Waals surface area contributed by atoms with E-state index in [-0.39, 0.29) is 4.75 Å². The van der Waals surface area contributed by atoms with Crippen LogP contribution < -0.4 is 0 Å². The van der Waals surface area contributed by atoms with Gasteiger partial charge in [-0.3, -0.25) is 4.79 Å². The van der Waals surface area contributed by atoms with E-state index in [4.69, 9.17) is 0 Å². The molecule has 0 aliphatic carbocycles. The van der Waals surface area contributed by atoms with Crippen LogP contribution in [-0.2, 0) is 4.79 Å². The minimum absolute atomic E-state index is 0.0241. The zero-order valence-corrected chi connectivity index (χ0v) is 10.6. The Morgan fingerprint density at radius 3 is 2.50 bits per heavy atom. The van der Waals surface area contributed by atoms with Crippen molar-refractivity contribution in [3.63, 3.8) is 0 Å². The molecule has 1 fully saturated rings. The molecule has 82 valence electrons. The van der Waals surface area contributed by atoms with E-state index in [0.29, 0.717) is 0 Å².